The second-order valence-electron chi connectivity index (χ2n) is 7.92. The zero-order chi connectivity index (χ0) is 19.8. The lowest BCUT2D eigenvalue weighted by molar-refractivity contribution is -0.125. The van der Waals surface area contributed by atoms with Crippen LogP contribution >= 0.6 is 0 Å². The van der Waals surface area contributed by atoms with Crippen molar-refractivity contribution in [2.45, 2.75) is 18.9 Å². The van der Waals surface area contributed by atoms with E-state index in [1.165, 1.54) is 4.90 Å². The second-order valence-corrected chi connectivity index (χ2v) is 7.92. The van der Waals surface area contributed by atoms with E-state index in [4.69, 9.17) is 0 Å². The lowest BCUT2D eigenvalue weighted by atomic mass is 9.87. The van der Waals surface area contributed by atoms with E-state index in [1.807, 2.05) is 67.6 Å². The number of benzene rings is 3. The summed E-state index contributed by atoms with van der Waals surface area (Å²) in [7, 11) is 0. The lowest BCUT2D eigenvalue weighted by Gasteiger charge is -2.35. The number of carbonyl (C=O) groups excluding carboxylic acids is 2. The molecule has 29 heavy (non-hydrogen) atoms. The van der Waals surface area contributed by atoms with Crippen LogP contribution in [-0.2, 0) is 16.8 Å². The predicted molar refractivity (Wildman–Crippen MR) is 113 cm³/mol. The fourth-order valence-electron chi connectivity index (χ4n) is 5.01. The molecular formula is C24H19N3O2. The van der Waals surface area contributed by atoms with Gasteiger partial charge in [-0.2, -0.15) is 0 Å². The largest absolute Gasteiger partial charge is 0.356 e. The summed E-state index contributed by atoms with van der Waals surface area (Å²) < 4.78 is 0. The van der Waals surface area contributed by atoms with Gasteiger partial charge in [-0.3, -0.25) is 4.79 Å². The quantitative estimate of drug-likeness (QED) is 0.492. The number of para-hydroxylation sites is 1. The van der Waals surface area contributed by atoms with Gasteiger partial charge in [0, 0.05) is 22.8 Å². The average molecular weight is 381 g/mol. The molecule has 3 amide bonds. The van der Waals surface area contributed by atoms with Crippen molar-refractivity contribution in [1.82, 2.24) is 9.88 Å². The number of imide groups is 1. The highest BCUT2D eigenvalue weighted by molar-refractivity contribution is 6.26. The monoisotopic (exact) mass is 381 g/mol. The van der Waals surface area contributed by atoms with Gasteiger partial charge in [0.2, 0.25) is 0 Å². The maximum Gasteiger partial charge on any atom is 0.332 e. The maximum atomic E-state index is 13.8. The number of aromatic nitrogens is 1. The predicted octanol–water partition coefficient (Wildman–Crippen LogP) is 4.56. The molecule has 5 nitrogen and oxygen atoms in total. The van der Waals surface area contributed by atoms with Gasteiger partial charge < -0.3 is 9.88 Å². The van der Waals surface area contributed by atoms with E-state index >= 15 is 0 Å². The van der Waals surface area contributed by atoms with Crippen LogP contribution in [0.4, 0.5) is 10.5 Å². The fraction of sp³-hybridized carbons (Fsp3) is 0.167. The standard InChI is InChI=1S/C24H19N3O2/c1-24-21-18(17-10-4-5-11-19(17)25-21)13-14-26(24)23(29)27(22(24)28)20-12-6-8-15-7-2-3-9-16(15)20/h2-12,25H,13-14H2,1H3. The Morgan fingerprint density at radius 3 is 2.48 bits per heavy atom. The minimum atomic E-state index is -1.03. The normalized spacial score (nSPS) is 21.1. The zero-order valence-corrected chi connectivity index (χ0v) is 16.0. The summed E-state index contributed by atoms with van der Waals surface area (Å²) in [6, 6.07) is 21.4. The summed E-state index contributed by atoms with van der Waals surface area (Å²) in [6.45, 7) is 2.39. The number of amides is 3. The van der Waals surface area contributed by atoms with Crippen molar-refractivity contribution in [1.29, 1.82) is 0 Å². The van der Waals surface area contributed by atoms with Gasteiger partial charge in [-0.1, -0.05) is 54.6 Å². The number of hydrogen-bond donors (Lipinski definition) is 1. The van der Waals surface area contributed by atoms with Crippen LogP contribution in [0.25, 0.3) is 21.7 Å². The molecule has 0 bridgehead atoms. The van der Waals surface area contributed by atoms with Gasteiger partial charge in [0.1, 0.15) is 0 Å². The van der Waals surface area contributed by atoms with Crippen LogP contribution in [0.5, 0.6) is 0 Å². The molecule has 1 unspecified atom stereocenters. The Morgan fingerprint density at radius 2 is 1.62 bits per heavy atom. The van der Waals surface area contributed by atoms with Crippen molar-refractivity contribution in [2.75, 3.05) is 11.4 Å². The van der Waals surface area contributed by atoms with Crippen LogP contribution in [0.3, 0.4) is 0 Å². The molecule has 0 radical (unpaired) electrons. The molecular weight excluding hydrogens is 362 g/mol. The van der Waals surface area contributed by atoms with Crippen LogP contribution in [0, 0.1) is 0 Å². The van der Waals surface area contributed by atoms with Crippen LogP contribution in [0.15, 0.2) is 66.7 Å². The number of H-pyrrole nitrogens is 1. The SMILES string of the molecule is CC12C(=O)N(c3cccc4ccccc34)C(=O)N1CCc1c2[nH]c2ccccc12. The molecule has 142 valence electrons. The highest BCUT2D eigenvalue weighted by Gasteiger charge is 2.59. The minimum Gasteiger partial charge on any atom is -0.356 e. The van der Waals surface area contributed by atoms with Crippen LogP contribution in [0.1, 0.15) is 18.2 Å². The number of aromatic amines is 1. The summed E-state index contributed by atoms with van der Waals surface area (Å²) in [6.07, 6.45) is 0.733. The van der Waals surface area contributed by atoms with Gasteiger partial charge in [-0.15, -0.1) is 0 Å². The Hall–Kier alpha value is -3.60. The molecule has 0 aliphatic carbocycles. The first-order valence-electron chi connectivity index (χ1n) is 9.84. The summed E-state index contributed by atoms with van der Waals surface area (Å²) in [5.41, 5.74) is 2.60. The molecule has 1 atom stereocenters. The van der Waals surface area contributed by atoms with Crippen LogP contribution < -0.4 is 4.90 Å². The third-order valence-corrected chi connectivity index (χ3v) is 6.47. The highest BCUT2D eigenvalue weighted by Crippen LogP contribution is 2.46. The smallest absolute Gasteiger partial charge is 0.332 e. The number of urea groups is 1. The second kappa shape index (κ2) is 5.47. The van der Waals surface area contributed by atoms with E-state index in [1.54, 1.807) is 4.90 Å². The van der Waals surface area contributed by atoms with Gasteiger partial charge in [0.15, 0.2) is 5.54 Å². The Labute approximate surface area is 167 Å². The van der Waals surface area contributed by atoms with E-state index < -0.39 is 5.54 Å². The average Bonchev–Trinajstić information content (AvgIpc) is 3.22. The van der Waals surface area contributed by atoms with Gasteiger partial charge >= 0.3 is 6.03 Å². The number of nitrogens with one attached hydrogen (secondary N) is 1. The topological polar surface area (TPSA) is 56.4 Å². The highest BCUT2D eigenvalue weighted by atomic mass is 16.2. The maximum absolute atomic E-state index is 13.8. The Kier molecular flexibility index (Phi) is 3.09. The number of carbonyl (C=O) groups is 2. The molecule has 1 aromatic heterocycles. The first kappa shape index (κ1) is 16.4. The molecule has 2 aliphatic heterocycles. The van der Waals surface area contributed by atoms with E-state index in [0.29, 0.717) is 12.2 Å². The van der Waals surface area contributed by atoms with Crippen molar-refractivity contribution >= 4 is 39.3 Å². The molecule has 6 rings (SSSR count). The Balaban J connectivity index is 1.57. The molecule has 3 aromatic carbocycles. The van der Waals surface area contributed by atoms with Crippen LogP contribution in [0.2, 0.25) is 0 Å². The molecule has 1 N–H and O–H groups in total. The fourth-order valence-corrected chi connectivity index (χ4v) is 5.01. The molecule has 1 saturated heterocycles. The minimum absolute atomic E-state index is 0.202. The molecule has 4 aromatic rings. The molecule has 0 saturated carbocycles. The van der Waals surface area contributed by atoms with Gasteiger partial charge in [0.25, 0.3) is 5.91 Å². The molecule has 2 aliphatic rings. The number of anilines is 1. The number of nitrogens with zero attached hydrogens (tertiary/aromatic N) is 2. The summed E-state index contributed by atoms with van der Waals surface area (Å²) in [5, 5.41) is 3.04. The first-order valence-corrected chi connectivity index (χ1v) is 9.84. The third-order valence-electron chi connectivity index (χ3n) is 6.47. The summed E-state index contributed by atoms with van der Waals surface area (Å²) >= 11 is 0. The molecule has 5 heteroatoms. The lowest BCUT2D eigenvalue weighted by Crippen LogP contribution is -2.49. The Bertz CT molecular complexity index is 1330. The molecule has 3 heterocycles. The van der Waals surface area contributed by atoms with Crippen molar-refractivity contribution in [2.24, 2.45) is 0 Å². The molecule has 0 spiro atoms. The van der Waals surface area contributed by atoms with Gasteiger partial charge in [0.05, 0.1) is 11.4 Å². The Morgan fingerprint density at radius 1 is 0.897 bits per heavy atom. The van der Waals surface area contributed by atoms with Crippen molar-refractivity contribution < 1.29 is 9.59 Å². The first-order chi connectivity index (χ1) is 14.1. The van der Waals surface area contributed by atoms with E-state index in [0.717, 1.165) is 39.4 Å². The molecule has 1 fully saturated rings. The van der Waals surface area contributed by atoms with Gasteiger partial charge in [-0.05, 0) is 36.4 Å². The van der Waals surface area contributed by atoms with E-state index in [-0.39, 0.29) is 11.9 Å². The van der Waals surface area contributed by atoms with E-state index in [9.17, 15) is 9.59 Å². The zero-order valence-electron chi connectivity index (χ0n) is 16.0. The van der Waals surface area contributed by atoms with Crippen molar-refractivity contribution in [3.63, 3.8) is 0 Å². The van der Waals surface area contributed by atoms with Crippen molar-refractivity contribution in [3.05, 3.63) is 78.0 Å². The third kappa shape index (κ3) is 1.94. The summed E-state index contributed by atoms with van der Waals surface area (Å²) in [4.78, 5) is 33.8. The van der Waals surface area contributed by atoms with E-state index in [2.05, 4.69) is 11.1 Å². The number of fused-ring (bicyclic) bond motifs is 6. The number of hydrogen-bond acceptors (Lipinski definition) is 2. The van der Waals surface area contributed by atoms with Gasteiger partial charge in [-0.25, -0.2) is 9.69 Å². The van der Waals surface area contributed by atoms with Crippen LogP contribution in [-0.4, -0.2) is 28.4 Å². The summed E-state index contributed by atoms with van der Waals surface area (Å²) in [5.74, 6) is -0.202. The van der Waals surface area contributed by atoms with Crippen molar-refractivity contribution in [3.8, 4) is 0 Å². The number of rotatable bonds is 1.